The number of hydrogen-bond acceptors (Lipinski definition) is 7. The topological polar surface area (TPSA) is 64.1 Å². The van der Waals surface area contributed by atoms with Gasteiger partial charge in [-0.25, -0.2) is 4.98 Å². The minimum Gasteiger partial charge on any atom is -0.497 e. The van der Waals surface area contributed by atoms with Crippen LogP contribution in [0.25, 0.3) is 10.2 Å². The Labute approximate surface area is 211 Å². The lowest BCUT2D eigenvalue weighted by Crippen LogP contribution is -2.39. The van der Waals surface area contributed by atoms with Crippen LogP contribution in [0.1, 0.15) is 43.0 Å². The van der Waals surface area contributed by atoms with Gasteiger partial charge in [0.15, 0.2) is 5.13 Å². The lowest BCUT2D eigenvalue weighted by atomic mass is 10.2. The fourth-order valence-corrected chi connectivity index (χ4v) is 5.09. The summed E-state index contributed by atoms with van der Waals surface area (Å²) in [6.45, 7) is 7.76. The number of nitrogens with zero attached hydrogens (tertiary/aromatic N) is 3. The molecular weight excluding hydrogens is 462 g/mol. The fraction of sp³-hybridized carbons (Fsp3) is 0.481. The van der Waals surface area contributed by atoms with E-state index in [0.717, 1.165) is 80.2 Å². The van der Waals surface area contributed by atoms with Crippen LogP contribution in [-0.4, -0.2) is 68.9 Å². The predicted molar refractivity (Wildman–Crippen MR) is 141 cm³/mol. The number of unbranched alkanes of at least 4 members (excludes halogenated alkanes) is 2. The average molecular weight is 498 g/mol. The normalized spacial score (nSPS) is 14.2. The molecule has 3 aromatic rings. The van der Waals surface area contributed by atoms with Crippen molar-refractivity contribution in [3.63, 3.8) is 0 Å². The van der Waals surface area contributed by atoms with E-state index in [9.17, 15) is 4.79 Å². The third-order valence-corrected chi connectivity index (χ3v) is 7.18. The van der Waals surface area contributed by atoms with Crippen LogP contribution in [0.4, 0.5) is 5.13 Å². The first kappa shape index (κ1) is 25.4. The molecule has 0 spiro atoms. The number of benzene rings is 2. The molecule has 0 aliphatic carbocycles. The van der Waals surface area contributed by atoms with Crippen LogP contribution in [0, 0.1) is 0 Å². The van der Waals surface area contributed by atoms with Crippen LogP contribution in [0.5, 0.6) is 11.5 Å². The van der Waals surface area contributed by atoms with Crippen molar-refractivity contribution in [2.75, 3.05) is 58.0 Å². The Morgan fingerprint density at radius 3 is 2.77 bits per heavy atom. The molecule has 0 radical (unpaired) electrons. The fourth-order valence-electron chi connectivity index (χ4n) is 4.12. The van der Waals surface area contributed by atoms with Crippen LogP contribution in [-0.2, 0) is 4.74 Å². The van der Waals surface area contributed by atoms with Crippen molar-refractivity contribution < 1.29 is 19.0 Å². The van der Waals surface area contributed by atoms with Gasteiger partial charge >= 0.3 is 0 Å². The average Bonchev–Trinajstić information content (AvgIpc) is 3.32. The molecule has 0 unspecified atom stereocenters. The predicted octanol–water partition coefficient (Wildman–Crippen LogP) is 5.24. The maximum atomic E-state index is 13.7. The quantitative estimate of drug-likeness (QED) is 0.319. The van der Waals surface area contributed by atoms with Gasteiger partial charge in [0.25, 0.3) is 5.91 Å². The van der Waals surface area contributed by atoms with Gasteiger partial charge in [-0.1, -0.05) is 37.2 Å². The van der Waals surface area contributed by atoms with Crippen molar-refractivity contribution in [3.8, 4) is 11.5 Å². The molecule has 1 aliphatic heterocycles. The molecule has 8 heteroatoms. The van der Waals surface area contributed by atoms with Crippen LogP contribution in [0.15, 0.2) is 42.5 Å². The lowest BCUT2D eigenvalue weighted by molar-refractivity contribution is 0.0376. The Morgan fingerprint density at radius 2 is 1.97 bits per heavy atom. The number of carbonyl (C=O) groups is 1. The molecule has 2 heterocycles. The highest BCUT2D eigenvalue weighted by Gasteiger charge is 2.22. The Hall–Kier alpha value is -2.68. The van der Waals surface area contributed by atoms with Crippen LogP contribution >= 0.6 is 11.3 Å². The first-order valence-electron chi connectivity index (χ1n) is 12.5. The number of aromatic nitrogens is 1. The monoisotopic (exact) mass is 497 g/mol. The van der Waals surface area contributed by atoms with E-state index in [1.807, 2.05) is 47.4 Å². The second-order valence-electron chi connectivity index (χ2n) is 8.68. The lowest BCUT2D eigenvalue weighted by Gasteiger charge is -2.27. The van der Waals surface area contributed by atoms with E-state index in [-0.39, 0.29) is 5.91 Å². The Morgan fingerprint density at radius 1 is 1.11 bits per heavy atom. The molecule has 0 bridgehead atoms. The maximum absolute atomic E-state index is 13.7. The first-order valence-corrected chi connectivity index (χ1v) is 13.3. The minimum atomic E-state index is -0.0583. The standard InChI is InChI=1S/C27H35N3O4S/c1-3-4-5-16-34-23-9-6-8-21(19-23)26(31)30(13-7-12-29-14-17-33-18-15-29)27-28-24-20-22(32-2)10-11-25(24)35-27/h6,8-11,19-20H,3-5,7,12-18H2,1-2H3. The number of carbonyl (C=O) groups excluding carboxylic acids is 1. The highest BCUT2D eigenvalue weighted by Crippen LogP contribution is 2.32. The highest BCUT2D eigenvalue weighted by molar-refractivity contribution is 7.22. The molecule has 1 aromatic heterocycles. The highest BCUT2D eigenvalue weighted by atomic mass is 32.1. The second kappa shape index (κ2) is 12.9. The van der Waals surface area contributed by atoms with Gasteiger partial charge in [0.2, 0.25) is 0 Å². The zero-order valence-electron chi connectivity index (χ0n) is 20.7. The summed E-state index contributed by atoms with van der Waals surface area (Å²) in [5.74, 6) is 1.43. The summed E-state index contributed by atoms with van der Waals surface area (Å²) in [4.78, 5) is 22.7. The summed E-state index contributed by atoms with van der Waals surface area (Å²) in [5, 5.41) is 0.703. The SMILES string of the molecule is CCCCCOc1cccc(C(=O)N(CCCN2CCOCC2)c2nc3cc(OC)ccc3s2)c1. The first-order chi connectivity index (χ1) is 17.2. The van der Waals surface area contributed by atoms with E-state index < -0.39 is 0 Å². The number of fused-ring (bicyclic) bond motifs is 1. The third kappa shape index (κ3) is 6.93. The Kier molecular flexibility index (Phi) is 9.34. The number of thiazole rings is 1. The summed E-state index contributed by atoms with van der Waals surface area (Å²) in [7, 11) is 1.65. The van der Waals surface area contributed by atoms with Gasteiger partial charge in [-0.05, 0) is 43.2 Å². The minimum absolute atomic E-state index is 0.0583. The van der Waals surface area contributed by atoms with Crippen LogP contribution in [0.2, 0.25) is 0 Å². The summed E-state index contributed by atoms with van der Waals surface area (Å²) in [6.07, 6.45) is 4.16. The summed E-state index contributed by atoms with van der Waals surface area (Å²) in [6, 6.07) is 13.3. The van der Waals surface area contributed by atoms with E-state index in [0.29, 0.717) is 23.8 Å². The van der Waals surface area contributed by atoms with Crippen molar-refractivity contribution in [3.05, 3.63) is 48.0 Å². The Balaban J connectivity index is 1.53. The van der Waals surface area contributed by atoms with Crippen molar-refractivity contribution in [1.29, 1.82) is 0 Å². The molecule has 1 amide bonds. The van der Waals surface area contributed by atoms with Gasteiger partial charge in [0.1, 0.15) is 11.5 Å². The van der Waals surface area contributed by atoms with Gasteiger partial charge < -0.3 is 14.2 Å². The molecule has 0 N–H and O–H groups in total. The number of methoxy groups -OCH3 is 1. The molecule has 7 nitrogen and oxygen atoms in total. The Bertz CT molecular complexity index is 1100. The number of anilines is 1. The van der Waals surface area contributed by atoms with E-state index in [1.54, 1.807) is 7.11 Å². The zero-order chi connectivity index (χ0) is 24.5. The van der Waals surface area contributed by atoms with Gasteiger partial charge in [-0.2, -0.15) is 0 Å². The zero-order valence-corrected chi connectivity index (χ0v) is 21.5. The van der Waals surface area contributed by atoms with Crippen molar-refractivity contribution >= 4 is 32.6 Å². The van der Waals surface area contributed by atoms with Gasteiger partial charge in [0.05, 0.1) is 37.1 Å². The maximum Gasteiger partial charge on any atom is 0.260 e. The van der Waals surface area contributed by atoms with E-state index >= 15 is 0 Å². The number of ether oxygens (including phenoxy) is 3. The molecule has 2 aromatic carbocycles. The van der Waals surface area contributed by atoms with E-state index in [2.05, 4.69) is 11.8 Å². The molecule has 1 saturated heterocycles. The third-order valence-electron chi connectivity index (χ3n) is 6.12. The summed E-state index contributed by atoms with van der Waals surface area (Å²) < 4.78 is 17.7. The van der Waals surface area contributed by atoms with Gasteiger partial charge in [0, 0.05) is 37.8 Å². The van der Waals surface area contributed by atoms with Crippen molar-refractivity contribution in [2.45, 2.75) is 32.6 Å². The van der Waals surface area contributed by atoms with Crippen molar-refractivity contribution in [1.82, 2.24) is 9.88 Å². The molecule has 0 saturated carbocycles. The second-order valence-corrected chi connectivity index (χ2v) is 9.69. The molecular formula is C27H35N3O4S. The smallest absolute Gasteiger partial charge is 0.260 e. The molecule has 188 valence electrons. The molecule has 1 fully saturated rings. The molecule has 4 rings (SSSR count). The largest absolute Gasteiger partial charge is 0.497 e. The number of morpholine rings is 1. The van der Waals surface area contributed by atoms with E-state index in [1.165, 1.54) is 11.3 Å². The molecule has 0 atom stereocenters. The van der Waals surface area contributed by atoms with Gasteiger partial charge in [-0.15, -0.1) is 0 Å². The van der Waals surface area contributed by atoms with Crippen LogP contribution < -0.4 is 14.4 Å². The summed E-state index contributed by atoms with van der Waals surface area (Å²) >= 11 is 1.53. The summed E-state index contributed by atoms with van der Waals surface area (Å²) in [5.41, 5.74) is 1.45. The van der Waals surface area contributed by atoms with Crippen molar-refractivity contribution in [2.24, 2.45) is 0 Å². The van der Waals surface area contributed by atoms with E-state index in [4.69, 9.17) is 19.2 Å². The number of hydrogen-bond donors (Lipinski definition) is 0. The number of rotatable bonds is 12. The molecule has 1 aliphatic rings. The van der Waals surface area contributed by atoms with Gasteiger partial charge in [-0.3, -0.25) is 14.6 Å². The molecule has 35 heavy (non-hydrogen) atoms. The van der Waals surface area contributed by atoms with Crippen LogP contribution in [0.3, 0.4) is 0 Å². The number of amides is 1.